The minimum atomic E-state index is -0.502. The number of carbonyl (C=O) groups excluding carboxylic acids is 9. The highest BCUT2D eigenvalue weighted by Crippen LogP contribution is 2.20. The van der Waals surface area contributed by atoms with E-state index in [9.17, 15) is 52.7 Å². The maximum absolute atomic E-state index is 11.7. The van der Waals surface area contributed by atoms with E-state index < -0.39 is 52.7 Å². The van der Waals surface area contributed by atoms with Crippen LogP contribution < -0.4 is 27.2 Å². The van der Waals surface area contributed by atoms with Crippen molar-refractivity contribution in [1.29, 1.82) is 0 Å². The van der Waals surface area contributed by atoms with E-state index in [0.717, 1.165) is 38.5 Å². The Morgan fingerprint density at radius 3 is 1.39 bits per heavy atom. The monoisotopic (exact) mass is 755 g/mol. The lowest BCUT2D eigenvalue weighted by molar-refractivity contribution is -0.144. The van der Waals surface area contributed by atoms with Gasteiger partial charge in [0.1, 0.15) is 23.7 Å². The van der Waals surface area contributed by atoms with Crippen LogP contribution in [0.15, 0.2) is 30.6 Å². The average Bonchev–Trinajstić information content (AvgIpc) is 3.08. The highest BCUT2D eigenvalue weighted by Gasteiger charge is 2.29. The van der Waals surface area contributed by atoms with Crippen LogP contribution in [-0.2, 0) is 64.0 Å². The van der Waals surface area contributed by atoms with Crippen LogP contribution in [-0.4, -0.2) is 60.1 Å². The lowest BCUT2D eigenvalue weighted by Gasteiger charge is -2.16. The number of piperidine rings is 1. The molecule has 0 aliphatic carbocycles. The quantitative estimate of drug-likeness (QED) is 0.168. The normalized spacial score (nSPS) is 14.3. The third kappa shape index (κ3) is 14.6. The van der Waals surface area contributed by atoms with Gasteiger partial charge in [-0.3, -0.25) is 59.1 Å². The number of hydrogen-bond acceptors (Lipinski definition) is 14. The first-order valence-corrected chi connectivity index (χ1v) is 17.5. The Bertz CT molecular complexity index is 1750. The van der Waals surface area contributed by atoms with Gasteiger partial charge in [-0.2, -0.15) is 0 Å². The summed E-state index contributed by atoms with van der Waals surface area (Å²) in [4.78, 5) is 121. The minimum Gasteiger partial charge on any atom is -0.469 e. The fourth-order valence-corrected chi connectivity index (χ4v) is 5.23. The molecule has 3 aliphatic rings. The highest BCUT2D eigenvalue weighted by molar-refractivity contribution is 6.16. The van der Waals surface area contributed by atoms with Crippen molar-refractivity contribution < 1.29 is 56.7 Å². The lowest BCUT2D eigenvalue weighted by atomic mass is 9.98. The maximum Gasteiger partial charge on any atom is 0.336 e. The van der Waals surface area contributed by atoms with Crippen LogP contribution >= 0.6 is 0 Å². The summed E-state index contributed by atoms with van der Waals surface area (Å²) in [5, 5.41) is 6.47. The van der Waals surface area contributed by atoms with Crippen LogP contribution in [0.1, 0.15) is 128 Å². The number of fused-ring (bicyclic) bond motifs is 2. The largest absolute Gasteiger partial charge is 0.469 e. The number of ether oxygens (including phenoxy) is 1. The van der Waals surface area contributed by atoms with Crippen LogP contribution in [0, 0.1) is 0 Å². The molecule has 1 fully saturated rings. The number of rotatable bonds is 11. The molecule has 0 saturated carbocycles. The molecule has 5 rings (SSSR count). The molecule has 6 amide bonds. The molecule has 0 atom stereocenters. The third-order valence-corrected chi connectivity index (χ3v) is 7.81. The Kier molecular flexibility index (Phi) is 18.3. The number of Topliss-reactive ketones (excluding diaryl/α,β-unsaturated/α-hetero) is 2. The number of methoxy groups -OCH3 is 1. The number of ketones is 2. The predicted octanol–water partition coefficient (Wildman–Crippen LogP) is 1.89. The van der Waals surface area contributed by atoms with Crippen LogP contribution in [0.2, 0.25) is 0 Å². The molecule has 17 heteroatoms. The van der Waals surface area contributed by atoms with Crippen molar-refractivity contribution in [3.63, 3.8) is 0 Å². The van der Waals surface area contributed by atoms with Crippen molar-refractivity contribution in [1.82, 2.24) is 16.0 Å². The van der Waals surface area contributed by atoms with E-state index in [-0.39, 0.29) is 55.2 Å². The number of hydrogen-bond donors (Lipinski definition) is 3. The number of esters is 1. The molecule has 3 N–H and O–H groups in total. The number of imide groups is 3. The van der Waals surface area contributed by atoms with Crippen molar-refractivity contribution in [3.05, 3.63) is 66.7 Å². The number of unbranched alkanes of at least 4 members (excludes halogenated alkanes) is 3. The van der Waals surface area contributed by atoms with E-state index in [2.05, 4.69) is 15.4 Å². The summed E-state index contributed by atoms with van der Waals surface area (Å²) in [7, 11) is 1.29. The fourth-order valence-electron chi connectivity index (χ4n) is 5.23. The molecule has 3 aliphatic heterocycles. The summed E-state index contributed by atoms with van der Waals surface area (Å²) >= 11 is 0. The van der Waals surface area contributed by atoms with Crippen molar-refractivity contribution in [2.75, 3.05) is 7.11 Å². The van der Waals surface area contributed by atoms with Crippen molar-refractivity contribution in [3.8, 4) is 0 Å². The Morgan fingerprint density at radius 1 is 0.611 bits per heavy atom. The van der Waals surface area contributed by atoms with Gasteiger partial charge in [0.2, 0.25) is 23.6 Å². The van der Waals surface area contributed by atoms with Gasteiger partial charge in [0.05, 0.1) is 43.9 Å². The number of amides is 6. The summed E-state index contributed by atoms with van der Waals surface area (Å²) in [5.41, 5.74) is 1.05. The fraction of sp³-hybridized carbons (Fsp3) is 0.486. The van der Waals surface area contributed by atoms with Gasteiger partial charge in [0, 0.05) is 18.6 Å². The summed E-state index contributed by atoms with van der Waals surface area (Å²) in [5.74, 6) is -3.16. The number of nitrogens with one attached hydrogen (secondary N) is 3. The zero-order chi connectivity index (χ0) is 40.4. The first-order valence-electron chi connectivity index (χ1n) is 17.5. The molecule has 5 heterocycles. The summed E-state index contributed by atoms with van der Waals surface area (Å²) in [6, 6.07) is 2.67. The van der Waals surface area contributed by atoms with E-state index in [0.29, 0.717) is 41.5 Å². The zero-order valence-electron chi connectivity index (χ0n) is 30.8. The summed E-state index contributed by atoms with van der Waals surface area (Å²) < 4.78 is 14.2. The summed E-state index contributed by atoms with van der Waals surface area (Å²) in [6.45, 7) is 6.06. The van der Waals surface area contributed by atoms with E-state index in [1.165, 1.54) is 19.2 Å². The standard InChI is InChI=1S/2C12H13NO4.C8H14O3.C5H5NO3/c2*1-2-3-4-7-5-10(15)17-8-6-9(14)13-12(16)11(7)8;1-3-4-5-7(9)6-8(10)11-2;7-3-1-4(8)6-5(9)2-3/h2*5H,2-4,6H2,1H3,(H,13,14,16);3-6H2,1-2H3;1-2H2,(H,6,8,9). The Balaban J connectivity index is 0.000000258. The topological polar surface area (TPSA) is 259 Å². The first-order chi connectivity index (χ1) is 25.6. The summed E-state index contributed by atoms with van der Waals surface area (Å²) in [6.07, 6.45) is 6.87. The smallest absolute Gasteiger partial charge is 0.336 e. The Hall–Kier alpha value is -5.87. The van der Waals surface area contributed by atoms with Crippen LogP contribution in [0.25, 0.3) is 0 Å². The van der Waals surface area contributed by atoms with Crippen molar-refractivity contribution >= 4 is 53.0 Å². The van der Waals surface area contributed by atoms with Crippen molar-refractivity contribution in [2.45, 2.75) is 111 Å². The molecule has 2 aromatic heterocycles. The molecular weight excluding hydrogens is 710 g/mol. The molecule has 0 spiro atoms. The van der Waals surface area contributed by atoms with Gasteiger partial charge in [-0.05, 0) is 43.2 Å². The SMILES string of the molecule is CCCCC(=O)CC(=O)OC.CCCCc1cc(=O)oc2c1C(=O)NC(=O)C2.CCCCc1cc(=O)oc2c1C(=O)NC(=O)C2.O=C1CC(=O)NC(=O)C1. The second kappa shape index (κ2) is 22.3. The molecular formula is C37H45N3O14. The third-order valence-electron chi connectivity index (χ3n) is 7.81. The molecule has 17 nitrogen and oxygen atoms in total. The number of carbonyl (C=O) groups is 9. The molecule has 2 aromatic rings. The number of aryl methyl sites for hydroxylation is 2. The van der Waals surface area contributed by atoms with Gasteiger partial charge in [0.15, 0.2) is 5.78 Å². The van der Waals surface area contributed by atoms with Gasteiger partial charge in [-0.25, -0.2) is 9.59 Å². The van der Waals surface area contributed by atoms with Gasteiger partial charge >= 0.3 is 17.2 Å². The lowest BCUT2D eigenvalue weighted by Crippen LogP contribution is -2.38. The molecule has 54 heavy (non-hydrogen) atoms. The Morgan fingerprint density at radius 2 is 1.02 bits per heavy atom. The van der Waals surface area contributed by atoms with Gasteiger partial charge in [-0.15, -0.1) is 0 Å². The molecule has 0 aromatic carbocycles. The Labute approximate surface area is 309 Å². The van der Waals surface area contributed by atoms with E-state index >= 15 is 0 Å². The molecule has 0 unspecified atom stereocenters. The average molecular weight is 756 g/mol. The van der Waals surface area contributed by atoms with E-state index in [4.69, 9.17) is 8.83 Å². The van der Waals surface area contributed by atoms with E-state index in [1.54, 1.807) is 0 Å². The second-order valence-electron chi connectivity index (χ2n) is 12.4. The molecule has 0 radical (unpaired) electrons. The first kappa shape index (κ1) is 44.3. The zero-order valence-corrected chi connectivity index (χ0v) is 30.8. The minimum absolute atomic E-state index is 0.0290. The molecule has 1 saturated heterocycles. The molecule has 0 bridgehead atoms. The van der Waals surface area contributed by atoms with Gasteiger partial charge in [0.25, 0.3) is 11.8 Å². The second-order valence-corrected chi connectivity index (χ2v) is 12.4. The van der Waals surface area contributed by atoms with Gasteiger partial charge < -0.3 is 13.6 Å². The van der Waals surface area contributed by atoms with E-state index in [1.807, 2.05) is 26.1 Å². The van der Waals surface area contributed by atoms with Crippen LogP contribution in [0.3, 0.4) is 0 Å². The predicted molar refractivity (Wildman–Crippen MR) is 188 cm³/mol. The van der Waals surface area contributed by atoms with Crippen LogP contribution in [0.4, 0.5) is 0 Å². The van der Waals surface area contributed by atoms with Crippen LogP contribution in [0.5, 0.6) is 0 Å². The van der Waals surface area contributed by atoms with Gasteiger partial charge in [-0.1, -0.05) is 40.0 Å². The van der Waals surface area contributed by atoms with Crippen molar-refractivity contribution in [2.24, 2.45) is 0 Å². The molecule has 292 valence electrons. The maximum atomic E-state index is 11.7. The highest BCUT2D eigenvalue weighted by atomic mass is 16.5.